The second-order valence-corrected chi connectivity index (χ2v) is 5.70. The molecule has 1 amide bonds. The highest BCUT2D eigenvalue weighted by Crippen LogP contribution is 2.21. The van der Waals surface area contributed by atoms with Gasteiger partial charge in [-0.15, -0.1) is 0 Å². The number of benzene rings is 1. The van der Waals surface area contributed by atoms with Crippen molar-refractivity contribution >= 4 is 27.7 Å². The van der Waals surface area contributed by atoms with Crippen LogP contribution in [0, 0.1) is 6.92 Å². The van der Waals surface area contributed by atoms with Gasteiger partial charge in [0.15, 0.2) is 0 Å². The molecule has 106 valence electrons. The molecular weight excluding hydrogens is 282 g/mol. The molecule has 0 saturated heterocycles. The van der Waals surface area contributed by atoms with E-state index in [2.05, 4.69) is 14.7 Å². The Hall–Kier alpha value is -2.27. The van der Waals surface area contributed by atoms with Gasteiger partial charge >= 0.3 is 0 Å². The molecular formula is C16H15N3OS. The topological polar surface area (TPSA) is 54.9 Å². The van der Waals surface area contributed by atoms with Gasteiger partial charge in [-0.2, -0.15) is 4.37 Å². The van der Waals surface area contributed by atoms with Crippen LogP contribution in [0.4, 0.5) is 0 Å². The number of carbonyl (C=O) groups is 1. The Balaban J connectivity index is 1.82. The van der Waals surface area contributed by atoms with Crippen molar-refractivity contribution in [2.24, 2.45) is 0 Å². The van der Waals surface area contributed by atoms with E-state index in [1.807, 2.05) is 50.2 Å². The van der Waals surface area contributed by atoms with Gasteiger partial charge in [0.05, 0.1) is 17.3 Å². The van der Waals surface area contributed by atoms with Crippen molar-refractivity contribution in [2.45, 2.75) is 19.9 Å². The minimum atomic E-state index is -0.119. The number of rotatable bonds is 3. The molecule has 0 radical (unpaired) electrons. The number of hydrogen-bond acceptors (Lipinski definition) is 4. The summed E-state index contributed by atoms with van der Waals surface area (Å²) < 4.78 is 4.25. The maximum atomic E-state index is 12.3. The second kappa shape index (κ2) is 5.61. The average Bonchev–Trinajstić information content (AvgIpc) is 2.89. The first-order chi connectivity index (χ1) is 10.1. The summed E-state index contributed by atoms with van der Waals surface area (Å²) in [6.07, 6.45) is 1.60. The molecule has 5 heteroatoms. The third-order valence-corrected chi connectivity index (χ3v) is 4.28. The highest BCUT2D eigenvalue weighted by atomic mass is 32.1. The Kier molecular flexibility index (Phi) is 3.66. The van der Waals surface area contributed by atoms with Crippen LogP contribution >= 0.6 is 11.5 Å². The quantitative estimate of drug-likeness (QED) is 0.805. The van der Waals surface area contributed by atoms with Crippen LogP contribution in [0.5, 0.6) is 0 Å². The van der Waals surface area contributed by atoms with Gasteiger partial charge < -0.3 is 5.32 Å². The minimum absolute atomic E-state index is 0.0453. The molecule has 0 bridgehead atoms. The zero-order valence-corrected chi connectivity index (χ0v) is 12.6. The molecule has 1 N–H and O–H groups in total. The highest BCUT2D eigenvalue weighted by Gasteiger charge is 2.13. The van der Waals surface area contributed by atoms with E-state index in [4.69, 9.17) is 0 Å². The molecule has 2 aromatic heterocycles. The molecule has 0 aliphatic rings. The van der Waals surface area contributed by atoms with E-state index in [0.29, 0.717) is 5.56 Å². The van der Waals surface area contributed by atoms with Gasteiger partial charge in [0.1, 0.15) is 4.83 Å². The molecule has 0 spiro atoms. The van der Waals surface area contributed by atoms with Crippen LogP contribution in [-0.4, -0.2) is 15.3 Å². The summed E-state index contributed by atoms with van der Waals surface area (Å²) in [6, 6.07) is 11.7. The predicted molar refractivity (Wildman–Crippen MR) is 84.5 cm³/mol. The van der Waals surface area contributed by atoms with Gasteiger partial charge in [0.25, 0.3) is 5.91 Å². The van der Waals surface area contributed by atoms with E-state index in [0.717, 1.165) is 21.5 Å². The van der Waals surface area contributed by atoms with E-state index in [1.165, 1.54) is 11.5 Å². The van der Waals surface area contributed by atoms with E-state index in [-0.39, 0.29) is 11.9 Å². The summed E-state index contributed by atoms with van der Waals surface area (Å²) in [5.41, 5.74) is 2.55. The van der Waals surface area contributed by atoms with E-state index < -0.39 is 0 Å². The van der Waals surface area contributed by atoms with Crippen LogP contribution in [0.2, 0.25) is 0 Å². The number of amides is 1. The van der Waals surface area contributed by atoms with Crippen molar-refractivity contribution in [3.63, 3.8) is 0 Å². The fourth-order valence-corrected chi connectivity index (χ4v) is 2.90. The van der Waals surface area contributed by atoms with Gasteiger partial charge in [-0.1, -0.05) is 30.3 Å². The second-order valence-electron chi connectivity index (χ2n) is 4.95. The van der Waals surface area contributed by atoms with Gasteiger partial charge in [0, 0.05) is 11.6 Å². The summed E-state index contributed by atoms with van der Waals surface area (Å²) in [4.78, 5) is 17.5. The Bertz CT molecular complexity index is 783. The normalized spacial score (nSPS) is 12.3. The first kappa shape index (κ1) is 13.7. The third-order valence-electron chi connectivity index (χ3n) is 3.42. The van der Waals surface area contributed by atoms with Crippen LogP contribution in [0.15, 0.2) is 42.6 Å². The van der Waals surface area contributed by atoms with Crippen LogP contribution in [0.3, 0.4) is 0 Å². The molecule has 0 fully saturated rings. The molecule has 1 atom stereocenters. The molecule has 0 saturated carbocycles. The number of pyridine rings is 1. The highest BCUT2D eigenvalue weighted by molar-refractivity contribution is 7.12. The zero-order valence-electron chi connectivity index (χ0n) is 11.8. The molecule has 0 aliphatic heterocycles. The fourth-order valence-electron chi connectivity index (χ4n) is 2.17. The van der Waals surface area contributed by atoms with Crippen LogP contribution < -0.4 is 5.32 Å². The van der Waals surface area contributed by atoms with Crippen molar-refractivity contribution in [1.29, 1.82) is 0 Å². The van der Waals surface area contributed by atoms with Crippen LogP contribution in [-0.2, 0) is 0 Å². The maximum Gasteiger partial charge on any atom is 0.253 e. The fraction of sp³-hybridized carbons (Fsp3) is 0.188. The van der Waals surface area contributed by atoms with E-state index in [9.17, 15) is 4.79 Å². The van der Waals surface area contributed by atoms with Crippen LogP contribution in [0.25, 0.3) is 10.2 Å². The largest absolute Gasteiger partial charge is 0.345 e. The minimum Gasteiger partial charge on any atom is -0.345 e. The van der Waals surface area contributed by atoms with Gasteiger partial charge in [-0.3, -0.25) is 4.79 Å². The molecule has 0 aliphatic carbocycles. The standard InChI is InChI=1S/C16H15N3OS/c1-10(12-6-4-3-5-7-12)18-15(20)13-8-14-11(2)19-21-16(14)17-9-13/h3-10H,1-2H3,(H,18,20)/t10-/m1/s1. The lowest BCUT2D eigenvalue weighted by atomic mass is 10.1. The van der Waals surface area contributed by atoms with Crippen molar-refractivity contribution in [2.75, 3.05) is 0 Å². The van der Waals surface area contributed by atoms with Gasteiger partial charge in [-0.05, 0) is 37.0 Å². The third kappa shape index (κ3) is 2.78. The van der Waals surface area contributed by atoms with Crippen molar-refractivity contribution in [1.82, 2.24) is 14.7 Å². The Morgan fingerprint density at radius 1 is 1.29 bits per heavy atom. The average molecular weight is 297 g/mol. The van der Waals surface area contributed by atoms with Gasteiger partial charge in [-0.25, -0.2) is 4.98 Å². The van der Waals surface area contributed by atoms with Gasteiger partial charge in [0.2, 0.25) is 0 Å². The molecule has 1 aromatic carbocycles. The lowest BCUT2D eigenvalue weighted by Crippen LogP contribution is -2.26. The maximum absolute atomic E-state index is 12.3. The number of fused-ring (bicyclic) bond motifs is 1. The van der Waals surface area contributed by atoms with Crippen molar-refractivity contribution in [3.8, 4) is 0 Å². The Labute approximate surface area is 127 Å². The lowest BCUT2D eigenvalue weighted by molar-refractivity contribution is 0.0939. The monoisotopic (exact) mass is 297 g/mol. The molecule has 21 heavy (non-hydrogen) atoms. The summed E-state index contributed by atoms with van der Waals surface area (Å²) in [5.74, 6) is -0.119. The SMILES string of the molecule is Cc1nsc2ncc(C(=O)N[C@H](C)c3ccccc3)cc12. The van der Waals surface area contributed by atoms with E-state index >= 15 is 0 Å². The van der Waals surface area contributed by atoms with Crippen molar-refractivity contribution < 1.29 is 4.79 Å². The van der Waals surface area contributed by atoms with E-state index in [1.54, 1.807) is 6.20 Å². The summed E-state index contributed by atoms with van der Waals surface area (Å²) in [6.45, 7) is 3.89. The molecule has 3 rings (SSSR count). The molecule has 2 heterocycles. The Morgan fingerprint density at radius 2 is 2.05 bits per heavy atom. The lowest BCUT2D eigenvalue weighted by Gasteiger charge is -2.14. The van der Waals surface area contributed by atoms with Crippen molar-refractivity contribution in [3.05, 3.63) is 59.4 Å². The zero-order chi connectivity index (χ0) is 14.8. The molecule has 4 nitrogen and oxygen atoms in total. The Morgan fingerprint density at radius 3 is 2.81 bits per heavy atom. The van der Waals surface area contributed by atoms with Crippen LogP contribution in [0.1, 0.15) is 34.6 Å². The molecule has 3 aromatic rings. The summed E-state index contributed by atoms with van der Waals surface area (Å²) in [5, 5.41) is 3.94. The number of carbonyl (C=O) groups excluding carboxylic acids is 1. The number of nitrogens with zero attached hydrogens (tertiary/aromatic N) is 2. The summed E-state index contributed by atoms with van der Waals surface area (Å²) >= 11 is 1.35. The number of nitrogens with one attached hydrogen (secondary N) is 1. The summed E-state index contributed by atoms with van der Waals surface area (Å²) in [7, 11) is 0. The predicted octanol–water partition coefficient (Wildman–Crippen LogP) is 3.49. The molecule has 0 unspecified atom stereocenters. The number of aromatic nitrogens is 2. The first-order valence-corrected chi connectivity index (χ1v) is 7.50. The smallest absolute Gasteiger partial charge is 0.253 e. The number of hydrogen-bond donors (Lipinski definition) is 1. The number of aryl methyl sites for hydroxylation is 1. The first-order valence-electron chi connectivity index (χ1n) is 6.73.